The van der Waals surface area contributed by atoms with Gasteiger partial charge in [-0.2, -0.15) is 5.10 Å². The van der Waals surface area contributed by atoms with Crippen molar-refractivity contribution in [3.8, 4) is 11.1 Å². The fraction of sp³-hybridized carbons (Fsp3) is 0.409. The lowest BCUT2D eigenvalue weighted by Gasteiger charge is -2.28. The number of fused-ring (bicyclic) bond motifs is 1. The summed E-state index contributed by atoms with van der Waals surface area (Å²) in [4.78, 5) is 19.4. The van der Waals surface area contributed by atoms with E-state index in [0.717, 1.165) is 53.5 Å². The number of ketones is 1. The molecule has 0 radical (unpaired) electrons. The number of piperidine rings is 1. The molecule has 27 heavy (non-hydrogen) atoms. The van der Waals surface area contributed by atoms with Gasteiger partial charge < -0.3 is 4.90 Å². The van der Waals surface area contributed by atoms with Crippen molar-refractivity contribution in [3.05, 3.63) is 48.5 Å². The Hall–Kier alpha value is -2.53. The monoisotopic (exact) mass is 362 g/mol. The molecule has 0 amide bonds. The van der Waals surface area contributed by atoms with Gasteiger partial charge in [0.05, 0.1) is 6.20 Å². The van der Waals surface area contributed by atoms with E-state index in [1.807, 2.05) is 25.6 Å². The van der Waals surface area contributed by atoms with E-state index in [0.29, 0.717) is 24.5 Å². The van der Waals surface area contributed by atoms with Gasteiger partial charge in [-0.15, -0.1) is 0 Å². The minimum Gasteiger partial charge on any atom is -0.306 e. The summed E-state index contributed by atoms with van der Waals surface area (Å²) in [6.07, 6.45) is 9.12. The molecule has 1 fully saturated rings. The molecule has 0 bridgehead atoms. The molecule has 1 aliphatic heterocycles. The normalized spacial score (nSPS) is 16.1. The summed E-state index contributed by atoms with van der Waals surface area (Å²) in [5, 5.41) is 6.46. The summed E-state index contributed by atoms with van der Waals surface area (Å²) in [6.45, 7) is 2.20. The van der Waals surface area contributed by atoms with Crippen molar-refractivity contribution >= 4 is 16.6 Å². The van der Waals surface area contributed by atoms with Crippen molar-refractivity contribution in [2.75, 3.05) is 20.1 Å². The predicted molar refractivity (Wildman–Crippen MR) is 107 cm³/mol. The highest BCUT2D eigenvalue weighted by molar-refractivity contribution is 5.88. The van der Waals surface area contributed by atoms with Crippen LogP contribution >= 0.6 is 0 Å². The first-order chi connectivity index (χ1) is 13.1. The fourth-order valence-corrected chi connectivity index (χ4v) is 3.90. The molecule has 140 valence electrons. The minimum absolute atomic E-state index is 0.305. The summed E-state index contributed by atoms with van der Waals surface area (Å²) in [5.74, 6) is 0.839. The lowest BCUT2D eigenvalue weighted by molar-refractivity contribution is -0.119. The van der Waals surface area contributed by atoms with Crippen molar-refractivity contribution in [3.63, 3.8) is 0 Å². The van der Waals surface area contributed by atoms with Crippen LogP contribution in [0.2, 0.25) is 0 Å². The molecule has 4 rings (SSSR count). The maximum Gasteiger partial charge on any atom is 0.139 e. The number of rotatable bonds is 5. The minimum atomic E-state index is 0.305. The average Bonchev–Trinajstić information content (AvgIpc) is 3.09. The van der Waals surface area contributed by atoms with Gasteiger partial charge in [-0.3, -0.25) is 14.5 Å². The van der Waals surface area contributed by atoms with E-state index in [1.165, 1.54) is 0 Å². The lowest BCUT2D eigenvalue weighted by Crippen LogP contribution is -2.31. The SMILES string of the molecule is CN1CCC(CC(=O)Cc2cc3cc(-c4cnn(C)c4)ccc3cn2)CC1. The molecule has 0 atom stereocenters. The number of nitrogens with zero attached hydrogens (tertiary/aromatic N) is 4. The molecule has 0 spiro atoms. The number of carbonyl (C=O) groups is 1. The molecule has 3 aromatic rings. The third-order valence-electron chi connectivity index (χ3n) is 5.55. The Morgan fingerprint density at radius 2 is 1.89 bits per heavy atom. The first kappa shape index (κ1) is 17.9. The number of pyridine rings is 1. The maximum absolute atomic E-state index is 12.5. The number of hydrogen-bond donors (Lipinski definition) is 0. The zero-order valence-electron chi connectivity index (χ0n) is 16.1. The van der Waals surface area contributed by atoms with Gasteiger partial charge in [-0.25, -0.2) is 0 Å². The van der Waals surface area contributed by atoms with Gasteiger partial charge in [0.15, 0.2) is 0 Å². The number of hydrogen-bond acceptors (Lipinski definition) is 4. The third kappa shape index (κ3) is 4.25. The standard InChI is InChI=1S/C22H26N4O/c1-25-7-5-16(6-8-25)9-22(27)12-21-11-19-10-17(3-4-18(19)13-23-21)20-14-24-26(2)15-20/h3-4,10-11,13-16H,5-9,12H2,1-2H3. The Labute approximate surface area is 160 Å². The van der Waals surface area contributed by atoms with Gasteiger partial charge >= 0.3 is 0 Å². The molecule has 5 nitrogen and oxygen atoms in total. The van der Waals surface area contributed by atoms with Crippen molar-refractivity contribution in [2.24, 2.45) is 13.0 Å². The molecular weight excluding hydrogens is 336 g/mol. The van der Waals surface area contributed by atoms with Crippen molar-refractivity contribution in [1.82, 2.24) is 19.7 Å². The molecule has 0 saturated carbocycles. The van der Waals surface area contributed by atoms with Crippen LogP contribution in [0.25, 0.3) is 21.9 Å². The Balaban J connectivity index is 1.48. The number of aromatic nitrogens is 3. The zero-order chi connectivity index (χ0) is 18.8. The molecule has 1 aromatic carbocycles. The first-order valence-corrected chi connectivity index (χ1v) is 9.65. The van der Waals surface area contributed by atoms with Crippen LogP contribution in [0.3, 0.4) is 0 Å². The summed E-state index contributed by atoms with van der Waals surface area (Å²) in [6, 6.07) is 8.38. The van der Waals surface area contributed by atoms with Crippen LogP contribution in [-0.4, -0.2) is 45.6 Å². The van der Waals surface area contributed by atoms with Crippen LogP contribution in [0.4, 0.5) is 0 Å². The molecule has 1 aliphatic rings. The zero-order valence-corrected chi connectivity index (χ0v) is 16.1. The Morgan fingerprint density at radius 3 is 2.63 bits per heavy atom. The highest BCUT2D eigenvalue weighted by Gasteiger charge is 2.19. The van der Waals surface area contributed by atoms with Crippen LogP contribution in [0.1, 0.15) is 25.0 Å². The molecule has 0 N–H and O–H groups in total. The van der Waals surface area contributed by atoms with E-state index in [9.17, 15) is 4.79 Å². The van der Waals surface area contributed by atoms with Gasteiger partial charge in [0.1, 0.15) is 5.78 Å². The van der Waals surface area contributed by atoms with Crippen LogP contribution in [0.15, 0.2) is 42.9 Å². The van der Waals surface area contributed by atoms with Gasteiger partial charge in [0, 0.05) is 48.9 Å². The average molecular weight is 362 g/mol. The molecular formula is C22H26N4O. The summed E-state index contributed by atoms with van der Waals surface area (Å²) >= 11 is 0. The Morgan fingerprint density at radius 1 is 1.07 bits per heavy atom. The Bertz CT molecular complexity index is 954. The van der Waals surface area contributed by atoms with Gasteiger partial charge in [-0.05, 0) is 62.0 Å². The topological polar surface area (TPSA) is 51.0 Å². The van der Waals surface area contributed by atoms with E-state index in [-0.39, 0.29) is 0 Å². The van der Waals surface area contributed by atoms with Crippen LogP contribution in [-0.2, 0) is 18.3 Å². The van der Waals surface area contributed by atoms with Crippen LogP contribution < -0.4 is 0 Å². The quantitative estimate of drug-likeness (QED) is 0.697. The third-order valence-corrected chi connectivity index (χ3v) is 5.55. The lowest BCUT2D eigenvalue weighted by atomic mass is 9.90. The second-order valence-corrected chi connectivity index (χ2v) is 7.81. The van der Waals surface area contributed by atoms with Crippen LogP contribution in [0.5, 0.6) is 0 Å². The summed E-state index contributed by atoms with van der Waals surface area (Å²) in [5.41, 5.74) is 3.09. The highest BCUT2D eigenvalue weighted by Crippen LogP contribution is 2.25. The number of likely N-dealkylation sites (tertiary alicyclic amines) is 1. The first-order valence-electron chi connectivity index (χ1n) is 9.65. The molecule has 0 aliphatic carbocycles. The second kappa shape index (κ2) is 7.61. The van der Waals surface area contributed by atoms with Gasteiger partial charge in [0.25, 0.3) is 0 Å². The van der Waals surface area contributed by atoms with E-state index in [1.54, 1.807) is 4.68 Å². The highest BCUT2D eigenvalue weighted by atomic mass is 16.1. The fourth-order valence-electron chi connectivity index (χ4n) is 3.90. The van der Waals surface area contributed by atoms with E-state index in [2.05, 4.69) is 46.3 Å². The van der Waals surface area contributed by atoms with E-state index in [4.69, 9.17) is 0 Å². The largest absolute Gasteiger partial charge is 0.306 e. The summed E-state index contributed by atoms with van der Waals surface area (Å²) < 4.78 is 1.80. The number of benzene rings is 1. The molecule has 5 heteroatoms. The van der Waals surface area contributed by atoms with Crippen molar-refractivity contribution in [2.45, 2.75) is 25.7 Å². The predicted octanol–water partition coefficient (Wildman–Crippen LogP) is 3.48. The van der Waals surface area contributed by atoms with Crippen molar-refractivity contribution < 1.29 is 4.79 Å². The van der Waals surface area contributed by atoms with Crippen LogP contribution in [0, 0.1) is 5.92 Å². The number of Topliss-reactive ketones (excluding diaryl/α,β-unsaturated/α-hetero) is 1. The smallest absolute Gasteiger partial charge is 0.139 e. The van der Waals surface area contributed by atoms with Gasteiger partial charge in [0.2, 0.25) is 0 Å². The van der Waals surface area contributed by atoms with Gasteiger partial charge in [-0.1, -0.05) is 12.1 Å². The summed E-state index contributed by atoms with van der Waals surface area (Å²) in [7, 11) is 4.07. The number of aryl methyl sites for hydroxylation is 1. The number of carbonyl (C=O) groups excluding carboxylic acids is 1. The maximum atomic E-state index is 12.5. The second-order valence-electron chi connectivity index (χ2n) is 7.81. The van der Waals surface area contributed by atoms with Crippen molar-refractivity contribution in [1.29, 1.82) is 0 Å². The molecule has 0 unspecified atom stereocenters. The Kier molecular flexibility index (Phi) is 5.03. The van der Waals surface area contributed by atoms with E-state index >= 15 is 0 Å². The molecule has 1 saturated heterocycles. The molecule has 2 aromatic heterocycles. The van der Waals surface area contributed by atoms with E-state index < -0.39 is 0 Å². The molecule has 3 heterocycles.